The fraction of sp³-hybridized carbons (Fsp3) is 0.271. The molecule has 1 N–H and O–H groups in total. The Kier molecular flexibility index (Phi) is 22.5. The van der Waals surface area contributed by atoms with Gasteiger partial charge >= 0.3 is 17.9 Å². The van der Waals surface area contributed by atoms with Crippen LogP contribution in [0.2, 0.25) is 33.2 Å². The molecule has 0 saturated carbocycles. The molecule has 450 valence electrons. The highest BCUT2D eigenvalue weighted by Crippen LogP contribution is 2.49. The second-order valence-corrected chi connectivity index (χ2v) is 31.6. The van der Waals surface area contributed by atoms with E-state index in [4.69, 9.17) is 58.2 Å². The van der Waals surface area contributed by atoms with Crippen LogP contribution in [0, 0.1) is 20.8 Å². The lowest BCUT2D eigenvalue weighted by molar-refractivity contribution is -0.164. The van der Waals surface area contributed by atoms with Gasteiger partial charge in [-0.05, 0) is 226 Å². The van der Waals surface area contributed by atoms with Crippen LogP contribution in [0.25, 0.3) is 65.7 Å². The maximum absolute atomic E-state index is 13.2. The van der Waals surface area contributed by atoms with Crippen LogP contribution in [-0.2, 0) is 37.8 Å². The number of ether oxygens (including phenoxy) is 4. The number of hydrogen-bond donors (Lipinski definition) is 1. The number of fused-ring (bicyclic) bond motifs is 3. The van der Waals surface area contributed by atoms with Crippen LogP contribution < -0.4 is 0 Å². The number of rotatable bonds is 12. The van der Waals surface area contributed by atoms with Crippen molar-refractivity contribution in [1.82, 2.24) is 0 Å². The quantitative estimate of drug-likeness (QED) is 0.0725. The highest BCUT2D eigenvalue weighted by atomic mass is 79.9. The fourth-order valence-corrected chi connectivity index (χ4v) is 13.3. The van der Waals surface area contributed by atoms with E-state index in [-0.39, 0.29) is 5.04 Å². The smallest absolute Gasteiger partial charge is 0.339 e. The number of aliphatic hydroxyl groups excluding tert-OH is 1. The summed E-state index contributed by atoms with van der Waals surface area (Å²) in [4.78, 5) is 38.1. The molecule has 0 amide bonds. The summed E-state index contributed by atoms with van der Waals surface area (Å²) in [5.41, 5.74) is 9.81. The van der Waals surface area contributed by atoms with Crippen LogP contribution in [0.1, 0.15) is 93.2 Å². The van der Waals surface area contributed by atoms with E-state index in [9.17, 15) is 19.5 Å². The molecule has 0 bridgehead atoms. The molecule has 0 aromatic heterocycles. The zero-order valence-electron chi connectivity index (χ0n) is 50.6. The molecule has 9 aromatic carbocycles. The van der Waals surface area contributed by atoms with Gasteiger partial charge < -0.3 is 28.5 Å². The molecule has 16 heteroatoms. The molecule has 86 heavy (non-hydrogen) atoms. The summed E-state index contributed by atoms with van der Waals surface area (Å²) in [6, 6.07) is 46.8. The predicted molar refractivity (Wildman–Crippen MR) is 366 cm³/mol. The third-order valence-electron chi connectivity index (χ3n) is 15.4. The van der Waals surface area contributed by atoms with E-state index in [0.717, 1.165) is 107 Å². The van der Waals surface area contributed by atoms with E-state index < -0.39 is 50.1 Å². The Bertz CT molecular complexity index is 3970. The van der Waals surface area contributed by atoms with Gasteiger partial charge in [-0.1, -0.05) is 165 Å². The SMILES string of the molecule is COC(=O)C(O)c1c(C)c(Br)c2ccccc2c1-c1ccc(Cl)cc1.COC(=O)C(OC(C)(C)C)c1c(C)c(Br)c2ccccc2c1-c1ccc(Cl)cc1.COC(=O)C(O[Si](C)(C)C(C)(C)C)c1c(C)c(Br)c2ccccc2c1-c1ccc(Cl)cc1. The van der Waals surface area contributed by atoms with Gasteiger partial charge in [0.2, 0.25) is 0 Å². The van der Waals surface area contributed by atoms with E-state index in [1.807, 2.05) is 151 Å². The van der Waals surface area contributed by atoms with Crippen molar-refractivity contribution >= 4 is 141 Å². The van der Waals surface area contributed by atoms with E-state index in [0.29, 0.717) is 20.6 Å². The molecule has 9 rings (SSSR count). The summed E-state index contributed by atoms with van der Waals surface area (Å²) in [6.07, 6.45) is -3.09. The number of benzene rings is 9. The van der Waals surface area contributed by atoms with Gasteiger partial charge in [-0.2, -0.15) is 0 Å². The van der Waals surface area contributed by atoms with Crippen LogP contribution in [0.3, 0.4) is 0 Å². The third-order valence-corrected chi connectivity index (χ3v) is 23.7. The highest BCUT2D eigenvalue weighted by molar-refractivity contribution is 9.11. The lowest BCUT2D eigenvalue weighted by Crippen LogP contribution is -2.43. The van der Waals surface area contributed by atoms with E-state index >= 15 is 0 Å². The molecule has 0 heterocycles. The van der Waals surface area contributed by atoms with E-state index in [1.54, 1.807) is 12.1 Å². The summed E-state index contributed by atoms with van der Waals surface area (Å²) >= 11 is 29.5. The van der Waals surface area contributed by atoms with Gasteiger partial charge in [0.05, 0.1) is 26.9 Å². The van der Waals surface area contributed by atoms with Gasteiger partial charge in [0, 0.05) is 45.2 Å². The lowest BCUT2D eigenvalue weighted by atomic mass is 9.87. The lowest BCUT2D eigenvalue weighted by Gasteiger charge is -2.39. The molecule has 0 aliphatic rings. The van der Waals surface area contributed by atoms with Crippen molar-refractivity contribution < 1.29 is 42.9 Å². The zero-order valence-corrected chi connectivity index (χ0v) is 58.6. The average molecular weight is 1430 g/mol. The number of halogens is 6. The Balaban J connectivity index is 0.000000186. The van der Waals surface area contributed by atoms with Gasteiger partial charge in [-0.25, -0.2) is 14.4 Å². The number of methoxy groups -OCH3 is 3. The first kappa shape index (κ1) is 68.1. The number of carbonyl (C=O) groups excluding carboxylic acids is 3. The minimum atomic E-state index is -2.31. The molecule has 0 fully saturated rings. The van der Waals surface area contributed by atoms with Gasteiger partial charge in [0.1, 0.15) is 0 Å². The second kappa shape index (κ2) is 28.4. The molecule has 9 nitrogen and oxygen atoms in total. The van der Waals surface area contributed by atoms with Crippen molar-refractivity contribution in [2.24, 2.45) is 0 Å². The summed E-state index contributed by atoms with van der Waals surface area (Å²) in [6.45, 7) is 22.5. The first-order chi connectivity index (χ1) is 40.5. The van der Waals surface area contributed by atoms with Crippen LogP contribution in [0.4, 0.5) is 0 Å². The molecule has 0 aliphatic heterocycles. The Morgan fingerprint density at radius 2 is 0.721 bits per heavy atom. The molecule has 3 unspecified atom stereocenters. The van der Waals surface area contributed by atoms with Crippen molar-refractivity contribution in [3.8, 4) is 33.4 Å². The number of carbonyl (C=O) groups is 3. The van der Waals surface area contributed by atoms with E-state index in [2.05, 4.69) is 106 Å². The van der Waals surface area contributed by atoms with Crippen molar-refractivity contribution in [1.29, 1.82) is 0 Å². The Hall–Kier alpha value is -5.42. The molecular weight excluding hydrogens is 1360 g/mol. The first-order valence-electron chi connectivity index (χ1n) is 27.6. The fourth-order valence-electron chi connectivity index (χ4n) is 10.1. The molecule has 0 aliphatic carbocycles. The largest absolute Gasteiger partial charge is 0.467 e. The van der Waals surface area contributed by atoms with Gasteiger partial charge in [0.25, 0.3) is 0 Å². The molecule has 0 saturated heterocycles. The van der Waals surface area contributed by atoms with Gasteiger partial charge in [-0.15, -0.1) is 0 Å². The molecule has 3 atom stereocenters. The minimum absolute atomic E-state index is 0.0678. The number of aliphatic hydroxyl groups is 1. The number of esters is 3. The third kappa shape index (κ3) is 14.8. The van der Waals surface area contributed by atoms with Crippen LogP contribution >= 0.6 is 82.6 Å². The minimum Gasteiger partial charge on any atom is -0.467 e. The molecular formula is C70H70Br3Cl3O9Si. The monoisotopic (exact) mass is 1420 g/mol. The maximum Gasteiger partial charge on any atom is 0.339 e. The Morgan fingerprint density at radius 3 is 1.02 bits per heavy atom. The highest BCUT2D eigenvalue weighted by Gasteiger charge is 2.43. The summed E-state index contributed by atoms with van der Waals surface area (Å²) in [7, 11) is 1.75. The van der Waals surface area contributed by atoms with Crippen LogP contribution in [0.15, 0.2) is 159 Å². The van der Waals surface area contributed by atoms with Gasteiger partial charge in [-0.3, -0.25) is 0 Å². The summed E-state index contributed by atoms with van der Waals surface area (Å²) in [5, 5.41) is 18.6. The molecule has 0 spiro atoms. The van der Waals surface area contributed by atoms with Crippen molar-refractivity contribution in [3.05, 3.63) is 207 Å². The van der Waals surface area contributed by atoms with E-state index in [1.165, 1.54) is 21.3 Å². The van der Waals surface area contributed by atoms with Crippen molar-refractivity contribution in [2.45, 2.75) is 104 Å². The normalized spacial score (nSPS) is 12.8. The predicted octanol–water partition coefficient (Wildman–Crippen LogP) is 21.2. The Morgan fingerprint density at radius 1 is 0.442 bits per heavy atom. The average Bonchev–Trinajstić information content (AvgIpc) is 0.837. The molecule has 9 aromatic rings. The standard InChI is InChI=1S/C26H30BrClO3Si.C24H24BrClO3.C20H16BrClO3/c1-16-21(24(25(29)30-5)31-32(6,7)26(2,3)4)22(17-12-14-18(28)15-13-17)19-10-8-9-11-20(19)23(16)27;1-14-19(22(23(27)28-5)29-24(2,3)4)20(15-10-12-16(26)13-11-15)17-8-6-7-9-18(17)21(14)25;1-11-16(19(23)20(24)25-2)17(12-7-9-13(22)10-8-12)14-5-3-4-6-15(14)18(11)21/h8-15,24H,1-7H3;6-13,22H,1-5H3;3-10,19,23H,1-2H3. The molecule has 0 radical (unpaired) electrons. The number of hydrogen-bond acceptors (Lipinski definition) is 9. The van der Waals surface area contributed by atoms with Crippen molar-refractivity contribution in [2.75, 3.05) is 21.3 Å². The summed E-state index contributed by atoms with van der Waals surface area (Å²) < 4.78 is 30.8. The zero-order chi connectivity index (χ0) is 63.3. The topological polar surface area (TPSA) is 118 Å². The Labute approximate surface area is 546 Å². The van der Waals surface area contributed by atoms with Crippen LogP contribution in [-0.4, -0.2) is 58.3 Å². The van der Waals surface area contributed by atoms with Gasteiger partial charge in [0.15, 0.2) is 26.6 Å². The second-order valence-electron chi connectivity index (χ2n) is 23.2. The maximum atomic E-state index is 13.2. The summed E-state index contributed by atoms with van der Waals surface area (Å²) in [5.74, 6) is -1.52. The van der Waals surface area contributed by atoms with Crippen LogP contribution in [0.5, 0.6) is 0 Å². The first-order valence-corrected chi connectivity index (χ1v) is 34.1. The van der Waals surface area contributed by atoms with Crippen molar-refractivity contribution in [3.63, 3.8) is 0 Å².